The van der Waals surface area contributed by atoms with Crippen LogP contribution in [0.25, 0.3) is 0 Å². The summed E-state index contributed by atoms with van der Waals surface area (Å²) in [6.07, 6.45) is 5.29. The van der Waals surface area contributed by atoms with Gasteiger partial charge in [0.15, 0.2) is 0 Å². The van der Waals surface area contributed by atoms with E-state index in [1.54, 1.807) is 0 Å². The maximum atomic E-state index is 12.4. The van der Waals surface area contributed by atoms with Crippen molar-refractivity contribution in [1.82, 2.24) is 10.6 Å². The molecule has 2 amide bonds. The smallest absolute Gasteiger partial charge is 0.222 e. The minimum atomic E-state index is -0.252. The van der Waals surface area contributed by atoms with Crippen LogP contribution in [0, 0.1) is 11.8 Å². The monoisotopic (exact) mass is 300 g/mol. The number of rotatable bonds is 7. The molecule has 2 saturated carbocycles. The van der Waals surface area contributed by atoms with Crippen molar-refractivity contribution in [1.29, 1.82) is 0 Å². The Labute approximate surface area is 131 Å². The summed E-state index contributed by atoms with van der Waals surface area (Å²) in [5.41, 5.74) is 0.974. The Hall–Kier alpha value is -1.84. The van der Waals surface area contributed by atoms with Gasteiger partial charge in [0, 0.05) is 13.0 Å². The van der Waals surface area contributed by atoms with E-state index in [0.717, 1.165) is 5.56 Å². The van der Waals surface area contributed by atoms with Crippen LogP contribution in [0.15, 0.2) is 30.3 Å². The van der Waals surface area contributed by atoms with Crippen LogP contribution in [0.3, 0.4) is 0 Å². The van der Waals surface area contributed by atoms with E-state index in [2.05, 4.69) is 10.6 Å². The molecule has 1 atom stereocenters. The molecule has 0 aromatic heterocycles. The molecule has 2 aliphatic rings. The van der Waals surface area contributed by atoms with E-state index in [4.69, 9.17) is 0 Å². The van der Waals surface area contributed by atoms with Crippen LogP contribution in [0.5, 0.6) is 0 Å². The SMILES string of the molecule is CC(=O)NC(CC(=O)NC(C1CC1)C1CC1)c1ccccc1. The summed E-state index contributed by atoms with van der Waals surface area (Å²) in [5, 5.41) is 6.11. The molecule has 4 heteroatoms. The van der Waals surface area contributed by atoms with Crippen molar-refractivity contribution in [3.63, 3.8) is 0 Å². The zero-order chi connectivity index (χ0) is 15.5. The highest BCUT2D eigenvalue weighted by molar-refractivity contribution is 5.79. The predicted octanol–water partition coefficient (Wildman–Crippen LogP) is 2.56. The number of nitrogens with one attached hydrogen (secondary N) is 2. The minimum absolute atomic E-state index is 0.0476. The Morgan fingerprint density at radius 3 is 2.14 bits per heavy atom. The second-order valence-electron chi connectivity index (χ2n) is 6.64. The lowest BCUT2D eigenvalue weighted by molar-refractivity contribution is -0.123. The zero-order valence-electron chi connectivity index (χ0n) is 13.0. The van der Waals surface area contributed by atoms with Gasteiger partial charge in [-0.3, -0.25) is 9.59 Å². The van der Waals surface area contributed by atoms with Crippen LogP contribution in [0.1, 0.15) is 50.6 Å². The van der Waals surface area contributed by atoms with Gasteiger partial charge in [-0.1, -0.05) is 30.3 Å². The molecule has 0 aliphatic heterocycles. The van der Waals surface area contributed by atoms with Crippen LogP contribution in [0.2, 0.25) is 0 Å². The van der Waals surface area contributed by atoms with Crippen LogP contribution in [-0.2, 0) is 9.59 Å². The molecule has 1 aromatic carbocycles. The second kappa shape index (κ2) is 6.51. The predicted molar refractivity (Wildman–Crippen MR) is 85.0 cm³/mol. The van der Waals surface area contributed by atoms with Gasteiger partial charge < -0.3 is 10.6 Å². The molecule has 1 aromatic rings. The number of carbonyl (C=O) groups excluding carboxylic acids is 2. The Morgan fingerprint density at radius 1 is 1.05 bits per heavy atom. The standard InChI is InChI=1S/C18H24N2O2/c1-12(21)19-16(13-5-3-2-4-6-13)11-17(22)20-18(14-7-8-14)15-9-10-15/h2-6,14-16,18H,7-11H2,1H3,(H,19,21)(H,20,22). The number of amides is 2. The molecule has 1 unspecified atom stereocenters. The third-order valence-electron chi connectivity index (χ3n) is 4.56. The lowest BCUT2D eigenvalue weighted by Crippen LogP contribution is -2.40. The van der Waals surface area contributed by atoms with Crippen molar-refractivity contribution in [2.24, 2.45) is 11.8 Å². The van der Waals surface area contributed by atoms with E-state index in [9.17, 15) is 9.59 Å². The highest BCUT2D eigenvalue weighted by Crippen LogP contribution is 2.44. The van der Waals surface area contributed by atoms with Crippen molar-refractivity contribution in [3.8, 4) is 0 Å². The summed E-state index contributed by atoms with van der Waals surface area (Å²) < 4.78 is 0. The van der Waals surface area contributed by atoms with Gasteiger partial charge in [-0.2, -0.15) is 0 Å². The third-order valence-corrected chi connectivity index (χ3v) is 4.56. The quantitative estimate of drug-likeness (QED) is 0.813. The zero-order valence-corrected chi connectivity index (χ0v) is 13.0. The first-order valence-electron chi connectivity index (χ1n) is 8.25. The molecule has 22 heavy (non-hydrogen) atoms. The van der Waals surface area contributed by atoms with Crippen molar-refractivity contribution in [2.75, 3.05) is 0 Å². The van der Waals surface area contributed by atoms with E-state index < -0.39 is 0 Å². The first-order chi connectivity index (χ1) is 10.6. The van der Waals surface area contributed by atoms with Gasteiger partial charge in [-0.25, -0.2) is 0 Å². The summed E-state index contributed by atoms with van der Waals surface area (Å²) in [7, 11) is 0. The van der Waals surface area contributed by atoms with Crippen molar-refractivity contribution in [3.05, 3.63) is 35.9 Å². The maximum Gasteiger partial charge on any atom is 0.222 e. The van der Waals surface area contributed by atoms with Gasteiger partial charge in [0.25, 0.3) is 0 Å². The normalized spacial score (nSPS) is 18.8. The number of carbonyl (C=O) groups is 2. The molecule has 4 nitrogen and oxygen atoms in total. The van der Waals surface area contributed by atoms with Gasteiger partial charge in [-0.15, -0.1) is 0 Å². The van der Waals surface area contributed by atoms with Gasteiger partial charge in [-0.05, 0) is 43.1 Å². The highest BCUT2D eigenvalue weighted by Gasteiger charge is 2.42. The van der Waals surface area contributed by atoms with E-state index in [1.807, 2.05) is 30.3 Å². The molecule has 0 radical (unpaired) electrons. The van der Waals surface area contributed by atoms with Crippen LogP contribution in [0.4, 0.5) is 0 Å². The highest BCUT2D eigenvalue weighted by atomic mass is 16.2. The molecule has 0 spiro atoms. The van der Waals surface area contributed by atoms with Gasteiger partial charge in [0.1, 0.15) is 0 Å². The molecule has 118 valence electrons. The molecule has 0 bridgehead atoms. The molecule has 0 heterocycles. The molecule has 3 rings (SSSR count). The Kier molecular flexibility index (Phi) is 4.46. The second-order valence-corrected chi connectivity index (χ2v) is 6.64. The molecular formula is C18H24N2O2. The van der Waals surface area contributed by atoms with Crippen LogP contribution >= 0.6 is 0 Å². The fraction of sp³-hybridized carbons (Fsp3) is 0.556. The van der Waals surface area contributed by atoms with Crippen molar-refractivity contribution < 1.29 is 9.59 Å². The van der Waals surface area contributed by atoms with Crippen LogP contribution in [-0.4, -0.2) is 17.9 Å². The first-order valence-corrected chi connectivity index (χ1v) is 8.25. The summed E-state index contributed by atoms with van der Waals surface area (Å²) in [5.74, 6) is 1.31. The Balaban J connectivity index is 1.61. The molecule has 2 fully saturated rings. The Morgan fingerprint density at radius 2 is 1.64 bits per heavy atom. The van der Waals surface area contributed by atoms with Crippen molar-refractivity contribution in [2.45, 2.75) is 51.1 Å². The Bertz CT molecular complexity index is 523. The summed E-state index contributed by atoms with van der Waals surface area (Å²) in [4.78, 5) is 23.8. The lowest BCUT2D eigenvalue weighted by atomic mass is 10.0. The molecule has 2 aliphatic carbocycles. The van der Waals surface area contributed by atoms with Gasteiger partial charge >= 0.3 is 0 Å². The lowest BCUT2D eigenvalue weighted by Gasteiger charge is -2.22. The minimum Gasteiger partial charge on any atom is -0.353 e. The molecular weight excluding hydrogens is 276 g/mol. The first kappa shape index (κ1) is 15.1. The fourth-order valence-electron chi connectivity index (χ4n) is 3.14. The average Bonchev–Trinajstić information content (AvgIpc) is 3.38. The van der Waals surface area contributed by atoms with Gasteiger partial charge in [0.2, 0.25) is 11.8 Å². The average molecular weight is 300 g/mol. The third kappa shape index (κ3) is 4.09. The van der Waals surface area contributed by atoms with E-state index in [0.29, 0.717) is 24.3 Å². The number of hydrogen-bond acceptors (Lipinski definition) is 2. The molecule has 2 N–H and O–H groups in total. The van der Waals surface area contributed by atoms with E-state index in [1.165, 1.54) is 32.6 Å². The van der Waals surface area contributed by atoms with E-state index in [-0.39, 0.29) is 17.9 Å². The van der Waals surface area contributed by atoms with Crippen LogP contribution < -0.4 is 10.6 Å². The van der Waals surface area contributed by atoms with Gasteiger partial charge in [0.05, 0.1) is 12.5 Å². The number of hydrogen-bond donors (Lipinski definition) is 2. The number of benzene rings is 1. The maximum absolute atomic E-state index is 12.4. The van der Waals surface area contributed by atoms with E-state index >= 15 is 0 Å². The fourth-order valence-corrected chi connectivity index (χ4v) is 3.14. The summed E-state index contributed by atoms with van der Waals surface area (Å²) >= 11 is 0. The molecule has 0 saturated heterocycles. The van der Waals surface area contributed by atoms with Crippen molar-refractivity contribution >= 4 is 11.8 Å². The largest absolute Gasteiger partial charge is 0.353 e. The topological polar surface area (TPSA) is 58.2 Å². The summed E-state index contributed by atoms with van der Waals surface area (Å²) in [6.45, 7) is 1.49. The summed E-state index contributed by atoms with van der Waals surface area (Å²) in [6, 6.07) is 9.81.